The first-order valence-electron chi connectivity index (χ1n) is 9.39. The summed E-state index contributed by atoms with van der Waals surface area (Å²) in [6.07, 6.45) is 0.165. The van der Waals surface area contributed by atoms with Crippen LogP contribution in [0.3, 0.4) is 0 Å². The Balaban J connectivity index is 1.68. The number of nitrogens with one attached hydrogen (secondary N) is 1. The van der Waals surface area contributed by atoms with Gasteiger partial charge in [-0.3, -0.25) is 9.59 Å². The third-order valence-corrected chi connectivity index (χ3v) is 5.18. The number of carboxylic acid groups (broad SMARTS) is 1. The van der Waals surface area contributed by atoms with Crippen LogP contribution in [0.2, 0.25) is 0 Å². The fourth-order valence-corrected chi connectivity index (χ4v) is 3.39. The Morgan fingerprint density at radius 2 is 1.93 bits per heavy atom. The summed E-state index contributed by atoms with van der Waals surface area (Å²) in [5.41, 5.74) is 4.34. The first kappa shape index (κ1) is 20.4. The molecule has 3 rings (SSSR count). The molecule has 7 nitrogen and oxygen atoms in total. The molecular weight excluding hydrogens is 372 g/mol. The Morgan fingerprint density at radius 1 is 1.17 bits per heavy atom. The molecule has 0 aromatic heterocycles. The number of rotatable bonds is 6. The van der Waals surface area contributed by atoms with Crippen LogP contribution in [-0.4, -0.2) is 36.0 Å². The van der Waals surface area contributed by atoms with Crippen LogP contribution in [-0.2, 0) is 14.4 Å². The van der Waals surface area contributed by atoms with Crippen LogP contribution in [0.15, 0.2) is 36.4 Å². The molecule has 2 aromatic rings. The standard InChI is InChI=1S/C22H24N2O5/c1-13-5-4-6-19(15(13)3)24-11-16(10-20(24)25)22(28)23-18-8-7-17(9-14(18)2)29-12-21(26)27/h4-9,16H,10-12H2,1-3H3,(H,23,28)(H,26,27). The molecule has 1 unspecified atom stereocenters. The van der Waals surface area contributed by atoms with Gasteiger partial charge in [0.05, 0.1) is 5.92 Å². The largest absolute Gasteiger partial charge is 0.482 e. The van der Waals surface area contributed by atoms with E-state index in [0.29, 0.717) is 18.0 Å². The smallest absolute Gasteiger partial charge is 0.341 e. The normalized spacial score (nSPS) is 16.0. The van der Waals surface area contributed by atoms with Crippen molar-refractivity contribution in [1.29, 1.82) is 0 Å². The molecule has 2 amide bonds. The monoisotopic (exact) mass is 396 g/mol. The lowest BCUT2D eigenvalue weighted by Gasteiger charge is -2.20. The summed E-state index contributed by atoms with van der Waals surface area (Å²) in [5.74, 6) is -1.36. The highest BCUT2D eigenvalue weighted by molar-refractivity contribution is 6.04. The Hall–Kier alpha value is -3.35. The molecule has 7 heteroatoms. The van der Waals surface area contributed by atoms with E-state index in [1.807, 2.05) is 32.0 Å². The van der Waals surface area contributed by atoms with Gasteiger partial charge in [-0.15, -0.1) is 0 Å². The zero-order chi connectivity index (χ0) is 21.1. The number of ether oxygens (including phenoxy) is 1. The van der Waals surface area contributed by atoms with Crippen LogP contribution in [0.25, 0.3) is 0 Å². The highest BCUT2D eigenvalue weighted by atomic mass is 16.5. The molecule has 152 valence electrons. The van der Waals surface area contributed by atoms with Gasteiger partial charge in [-0.2, -0.15) is 0 Å². The average molecular weight is 396 g/mol. The molecular formula is C22H24N2O5. The number of amides is 2. The molecule has 1 heterocycles. The number of carboxylic acids is 1. The van der Waals surface area contributed by atoms with Crippen molar-refractivity contribution in [3.8, 4) is 5.75 Å². The molecule has 1 saturated heterocycles. The van der Waals surface area contributed by atoms with E-state index in [9.17, 15) is 14.4 Å². The van der Waals surface area contributed by atoms with Crippen molar-refractivity contribution in [2.24, 2.45) is 5.92 Å². The van der Waals surface area contributed by atoms with E-state index in [-0.39, 0.29) is 18.2 Å². The van der Waals surface area contributed by atoms with Gasteiger partial charge in [0.1, 0.15) is 5.75 Å². The minimum Gasteiger partial charge on any atom is -0.482 e. The van der Waals surface area contributed by atoms with Gasteiger partial charge in [0.2, 0.25) is 11.8 Å². The van der Waals surface area contributed by atoms with Crippen LogP contribution in [0.1, 0.15) is 23.1 Å². The molecule has 2 N–H and O–H groups in total. The number of nitrogens with zero attached hydrogens (tertiary/aromatic N) is 1. The Kier molecular flexibility index (Phi) is 5.87. The van der Waals surface area contributed by atoms with Gasteiger partial charge in [-0.1, -0.05) is 12.1 Å². The van der Waals surface area contributed by atoms with Crippen molar-refractivity contribution >= 4 is 29.2 Å². The molecule has 0 bridgehead atoms. The molecule has 2 aromatic carbocycles. The first-order valence-corrected chi connectivity index (χ1v) is 9.39. The zero-order valence-corrected chi connectivity index (χ0v) is 16.7. The molecule has 1 aliphatic rings. The molecule has 29 heavy (non-hydrogen) atoms. The maximum Gasteiger partial charge on any atom is 0.341 e. The van der Waals surface area contributed by atoms with Crippen LogP contribution in [0.4, 0.5) is 11.4 Å². The molecule has 1 aliphatic heterocycles. The maximum absolute atomic E-state index is 12.7. The van der Waals surface area contributed by atoms with E-state index in [1.165, 1.54) is 0 Å². The summed E-state index contributed by atoms with van der Waals surface area (Å²) >= 11 is 0. The van der Waals surface area contributed by atoms with Crippen molar-refractivity contribution in [3.05, 3.63) is 53.1 Å². The van der Waals surface area contributed by atoms with Crippen molar-refractivity contribution in [3.63, 3.8) is 0 Å². The van der Waals surface area contributed by atoms with E-state index >= 15 is 0 Å². The number of hydrogen-bond acceptors (Lipinski definition) is 4. The summed E-state index contributed by atoms with van der Waals surface area (Å²) in [6.45, 7) is 5.68. The first-order chi connectivity index (χ1) is 13.8. The second-order valence-electron chi connectivity index (χ2n) is 7.27. The van der Waals surface area contributed by atoms with Gasteiger partial charge in [-0.05, 0) is 61.7 Å². The van der Waals surface area contributed by atoms with Crippen molar-refractivity contribution in [2.75, 3.05) is 23.4 Å². The van der Waals surface area contributed by atoms with Crippen molar-refractivity contribution < 1.29 is 24.2 Å². The predicted molar refractivity (Wildman–Crippen MR) is 109 cm³/mol. The van der Waals surface area contributed by atoms with Gasteiger partial charge < -0.3 is 20.1 Å². The number of aliphatic carboxylic acids is 1. The van der Waals surface area contributed by atoms with Gasteiger partial charge in [0, 0.05) is 24.3 Å². The van der Waals surface area contributed by atoms with E-state index < -0.39 is 18.5 Å². The second kappa shape index (κ2) is 8.34. The molecule has 1 atom stereocenters. The van der Waals surface area contributed by atoms with Crippen LogP contribution < -0.4 is 15.0 Å². The van der Waals surface area contributed by atoms with Crippen molar-refractivity contribution in [1.82, 2.24) is 0 Å². The van der Waals surface area contributed by atoms with Gasteiger partial charge in [-0.25, -0.2) is 4.79 Å². The molecule has 1 fully saturated rings. The summed E-state index contributed by atoms with van der Waals surface area (Å²) in [6, 6.07) is 10.8. The molecule has 0 radical (unpaired) electrons. The SMILES string of the molecule is Cc1cc(OCC(=O)O)ccc1NC(=O)C1CC(=O)N(c2cccc(C)c2C)C1. The molecule has 0 saturated carbocycles. The molecule has 0 aliphatic carbocycles. The number of carbonyl (C=O) groups excluding carboxylic acids is 2. The fraction of sp³-hybridized carbons (Fsp3) is 0.318. The zero-order valence-electron chi connectivity index (χ0n) is 16.7. The third kappa shape index (κ3) is 4.56. The second-order valence-corrected chi connectivity index (χ2v) is 7.27. The summed E-state index contributed by atoms with van der Waals surface area (Å²) < 4.78 is 5.14. The molecule has 0 spiro atoms. The lowest BCUT2D eigenvalue weighted by Crippen LogP contribution is -2.28. The number of hydrogen-bond donors (Lipinski definition) is 2. The highest BCUT2D eigenvalue weighted by Gasteiger charge is 2.35. The summed E-state index contributed by atoms with van der Waals surface area (Å²) in [4.78, 5) is 37.5. The van der Waals surface area contributed by atoms with Gasteiger partial charge in [0.25, 0.3) is 0 Å². The minimum absolute atomic E-state index is 0.0620. The van der Waals surface area contributed by atoms with E-state index in [2.05, 4.69) is 5.32 Å². The summed E-state index contributed by atoms with van der Waals surface area (Å²) in [7, 11) is 0. The van der Waals surface area contributed by atoms with Crippen LogP contribution in [0, 0.1) is 26.7 Å². The van der Waals surface area contributed by atoms with Crippen LogP contribution >= 0.6 is 0 Å². The van der Waals surface area contributed by atoms with E-state index in [1.54, 1.807) is 30.0 Å². The topological polar surface area (TPSA) is 95.9 Å². The number of aryl methyl sites for hydroxylation is 2. The van der Waals surface area contributed by atoms with E-state index in [0.717, 1.165) is 22.4 Å². The fourth-order valence-electron chi connectivity index (χ4n) is 3.39. The van der Waals surface area contributed by atoms with Crippen molar-refractivity contribution in [2.45, 2.75) is 27.2 Å². The number of benzene rings is 2. The maximum atomic E-state index is 12.7. The Bertz CT molecular complexity index is 970. The van der Waals surface area contributed by atoms with E-state index in [4.69, 9.17) is 9.84 Å². The third-order valence-electron chi connectivity index (χ3n) is 5.18. The number of carbonyl (C=O) groups is 3. The quantitative estimate of drug-likeness (QED) is 0.782. The average Bonchev–Trinajstić information content (AvgIpc) is 3.06. The lowest BCUT2D eigenvalue weighted by molar-refractivity contribution is -0.139. The summed E-state index contributed by atoms with van der Waals surface area (Å²) in [5, 5.41) is 11.6. The lowest BCUT2D eigenvalue weighted by atomic mass is 10.1. The minimum atomic E-state index is -1.06. The van der Waals surface area contributed by atoms with Gasteiger partial charge >= 0.3 is 5.97 Å². The van der Waals surface area contributed by atoms with Crippen LogP contribution in [0.5, 0.6) is 5.75 Å². The Labute approximate surface area is 169 Å². The number of anilines is 2. The Morgan fingerprint density at radius 3 is 2.62 bits per heavy atom. The predicted octanol–water partition coefficient (Wildman–Crippen LogP) is 3.07. The highest BCUT2D eigenvalue weighted by Crippen LogP contribution is 2.30. The van der Waals surface area contributed by atoms with Gasteiger partial charge in [0.15, 0.2) is 6.61 Å².